The van der Waals surface area contributed by atoms with E-state index < -0.39 is 0 Å². The Bertz CT molecular complexity index is 326. The normalized spacial score (nSPS) is 30.5. The number of ether oxygens (including phenoxy) is 1. The van der Waals surface area contributed by atoms with Crippen LogP contribution in [0.15, 0.2) is 4.99 Å². The van der Waals surface area contributed by atoms with E-state index in [1.807, 2.05) is 11.8 Å². The molecule has 2 rings (SSSR count). The highest BCUT2D eigenvalue weighted by atomic mass is 32.2. The molecular formula is C15H28N2OS. The number of thioether (sulfide) groups is 1. The lowest BCUT2D eigenvalue weighted by Crippen LogP contribution is -2.45. The number of hydrogen-bond acceptors (Lipinski definition) is 4. The quantitative estimate of drug-likeness (QED) is 0.858. The van der Waals surface area contributed by atoms with Crippen LogP contribution in [0.25, 0.3) is 0 Å². The minimum Gasteiger partial charge on any atom is -0.375 e. The van der Waals surface area contributed by atoms with Crippen LogP contribution in [-0.2, 0) is 4.74 Å². The van der Waals surface area contributed by atoms with Gasteiger partial charge < -0.3 is 10.1 Å². The van der Waals surface area contributed by atoms with Gasteiger partial charge in [-0.15, -0.1) is 0 Å². The van der Waals surface area contributed by atoms with E-state index >= 15 is 0 Å². The molecular weight excluding hydrogens is 256 g/mol. The summed E-state index contributed by atoms with van der Waals surface area (Å²) < 4.78 is 5.77. The molecule has 0 aromatic carbocycles. The first-order valence-electron chi connectivity index (χ1n) is 7.65. The van der Waals surface area contributed by atoms with Gasteiger partial charge in [0.25, 0.3) is 0 Å². The molecule has 0 bridgehead atoms. The Morgan fingerprint density at radius 3 is 2.79 bits per heavy atom. The molecule has 3 nitrogen and oxygen atoms in total. The van der Waals surface area contributed by atoms with Crippen LogP contribution >= 0.6 is 11.8 Å². The van der Waals surface area contributed by atoms with E-state index in [-0.39, 0.29) is 5.60 Å². The van der Waals surface area contributed by atoms with Gasteiger partial charge in [0.2, 0.25) is 0 Å². The Kier molecular flexibility index (Phi) is 5.18. The Balaban J connectivity index is 1.81. The Labute approximate surface area is 122 Å². The molecule has 2 aliphatic rings. The highest BCUT2D eigenvalue weighted by Gasteiger charge is 2.31. The molecule has 0 aliphatic carbocycles. The highest BCUT2D eigenvalue weighted by molar-refractivity contribution is 8.14. The van der Waals surface area contributed by atoms with E-state index in [0.29, 0.717) is 11.3 Å². The standard InChI is InChI=1S/C15H28N2OS/c1-5-11(6-2)13-10-16-14(19-13)17-12-7-8-18-15(3,4)9-12/h11-13H,5-10H2,1-4H3,(H,16,17). The van der Waals surface area contributed by atoms with Gasteiger partial charge in [-0.2, -0.15) is 0 Å². The van der Waals surface area contributed by atoms with Crippen LogP contribution in [0.2, 0.25) is 0 Å². The van der Waals surface area contributed by atoms with E-state index in [1.54, 1.807) is 0 Å². The fraction of sp³-hybridized carbons (Fsp3) is 0.933. The fourth-order valence-corrected chi connectivity index (χ4v) is 4.46. The third kappa shape index (κ3) is 4.12. The maximum absolute atomic E-state index is 5.77. The van der Waals surface area contributed by atoms with E-state index in [4.69, 9.17) is 9.73 Å². The predicted octanol–water partition coefficient (Wildman–Crippen LogP) is 3.44. The van der Waals surface area contributed by atoms with Crippen LogP contribution in [0.3, 0.4) is 0 Å². The topological polar surface area (TPSA) is 33.6 Å². The molecule has 0 aromatic heterocycles. The second kappa shape index (κ2) is 6.49. The van der Waals surface area contributed by atoms with Gasteiger partial charge in [-0.05, 0) is 32.6 Å². The second-order valence-corrected chi connectivity index (χ2v) is 7.55. The molecule has 0 amide bonds. The van der Waals surface area contributed by atoms with Crippen molar-refractivity contribution < 1.29 is 4.74 Å². The summed E-state index contributed by atoms with van der Waals surface area (Å²) in [7, 11) is 0. The van der Waals surface area contributed by atoms with Gasteiger partial charge in [0.15, 0.2) is 5.17 Å². The van der Waals surface area contributed by atoms with Crippen molar-refractivity contribution >= 4 is 16.9 Å². The van der Waals surface area contributed by atoms with Crippen molar-refractivity contribution in [1.82, 2.24) is 5.32 Å². The summed E-state index contributed by atoms with van der Waals surface area (Å²) in [6.45, 7) is 10.8. The molecule has 4 heteroatoms. The first kappa shape index (κ1) is 15.2. The number of amidine groups is 1. The monoisotopic (exact) mass is 284 g/mol. The smallest absolute Gasteiger partial charge is 0.157 e. The van der Waals surface area contributed by atoms with Crippen LogP contribution in [0.4, 0.5) is 0 Å². The zero-order valence-electron chi connectivity index (χ0n) is 12.7. The summed E-state index contributed by atoms with van der Waals surface area (Å²) in [5.74, 6) is 0.805. The minimum absolute atomic E-state index is 0.00845. The van der Waals surface area contributed by atoms with Crippen LogP contribution < -0.4 is 5.32 Å². The lowest BCUT2D eigenvalue weighted by atomic mass is 9.94. The average Bonchev–Trinajstić information content (AvgIpc) is 2.78. The Hall–Kier alpha value is -0.220. The van der Waals surface area contributed by atoms with Crippen molar-refractivity contribution in [2.45, 2.75) is 70.3 Å². The minimum atomic E-state index is 0.00845. The molecule has 2 heterocycles. The van der Waals surface area contributed by atoms with Gasteiger partial charge in [-0.25, -0.2) is 0 Å². The molecule has 110 valence electrons. The van der Waals surface area contributed by atoms with Crippen LogP contribution in [0, 0.1) is 5.92 Å². The summed E-state index contributed by atoms with van der Waals surface area (Å²) in [6.07, 6.45) is 4.70. The largest absolute Gasteiger partial charge is 0.375 e. The van der Waals surface area contributed by atoms with Crippen molar-refractivity contribution in [1.29, 1.82) is 0 Å². The maximum Gasteiger partial charge on any atom is 0.157 e. The lowest BCUT2D eigenvalue weighted by molar-refractivity contribution is -0.0603. The number of nitrogens with zero attached hydrogens (tertiary/aromatic N) is 1. The number of nitrogens with one attached hydrogen (secondary N) is 1. The van der Waals surface area contributed by atoms with Crippen molar-refractivity contribution in [3.8, 4) is 0 Å². The molecule has 2 atom stereocenters. The third-order valence-corrected chi connectivity index (χ3v) is 5.58. The molecule has 0 spiro atoms. The molecule has 0 radical (unpaired) electrons. The van der Waals surface area contributed by atoms with E-state index in [2.05, 4.69) is 33.0 Å². The fourth-order valence-electron chi connectivity index (χ4n) is 3.06. The van der Waals surface area contributed by atoms with Gasteiger partial charge >= 0.3 is 0 Å². The van der Waals surface area contributed by atoms with Gasteiger partial charge in [-0.1, -0.05) is 38.5 Å². The zero-order valence-corrected chi connectivity index (χ0v) is 13.6. The number of rotatable bonds is 4. The molecule has 1 N–H and O–H groups in total. The first-order chi connectivity index (χ1) is 9.04. The molecule has 2 unspecified atom stereocenters. The summed E-state index contributed by atoms with van der Waals surface area (Å²) >= 11 is 1.96. The molecule has 1 saturated heterocycles. The van der Waals surface area contributed by atoms with E-state index in [1.165, 1.54) is 18.0 Å². The SMILES string of the molecule is CCC(CC)C1CN=C(NC2CCOC(C)(C)C2)S1. The molecule has 0 aromatic rings. The van der Waals surface area contributed by atoms with E-state index in [9.17, 15) is 0 Å². The Morgan fingerprint density at radius 2 is 2.16 bits per heavy atom. The number of hydrogen-bond donors (Lipinski definition) is 1. The van der Waals surface area contributed by atoms with Gasteiger partial charge in [0, 0.05) is 17.9 Å². The van der Waals surface area contributed by atoms with Crippen LogP contribution in [0.5, 0.6) is 0 Å². The maximum atomic E-state index is 5.77. The molecule has 0 saturated carbocycles. The van der Waals surface area contributed by atoms with Crippen molar-refractivity contribution in [2.75, 3.05) is 13.2 Å². The van der Waals surface area contributed by atoms with Crippen LogP contribution in [-0.4, -0.2) is 35.2 Å². The summed E-state index contributed by atoms with van der Waals surface area (Å²) in [6, 6.07) is 0.524. The summed E-state index contributed by atoms with van der Waals surface area (Å²) in [5.41, 5.74) is 0.00845. The first-order valence-corrected chi connectivity index (χ1v) is 8.53. The van der Waals surface area contributed by atoms with E-state index in [0.717, 1.165) is 31.9 Å². The van der Waals surface area contributed by atoms with Crippen LogP contribution in [0.1, 0.15) is 53.4 Å². The summed E-state index contributed by atoms with van der Waals surface area (Å²) in [5, 5.41) is 5.49. The van der Waals surface area contributed by atoms with Gasteiger partial charge in [0.1, 0.15) is 0 Å². The van der Waals surface area contributed by atoms with Crippen molar-refractivity contribution in [3.63, 3.8) is 0 Å². The average molecular weight is 284 g/mol. The summed E-state index contributed by atoms with van der Waals surface area (Å²) in [4.78, 5) is 4.70. The lowest BCUT2D eigenvalue weighted by Gasteiger charge is -2.36. The molecule has 2 aliphatic heterocycles. The van der Waals surface area contributed by atoms with Gasteiger partial charge in [-0.3, -0.25) is 4.99 Å². The Morgan fingerprint density at radius 1 is 1.42 bits per heavy atom. The van der Waals surface area contributed by atoms with Gasteiger partial charge in [0.05, 0.1) is 12.1 Å². The highest BCUT2D eigenvalue weighted by Crippen LogP contribution is 2.31. The third-order valence-electron chi connectivity index (χ3n) is 4.28. The molecule has 1 fully saturated rings. The van der Waals surface area contributed by atoms with Crippen molar-refractivity contribution in [2.24, 2.45) is 10.9 Å². The molecule has 19 heavy (non-hydrogen) atoms. The predicted molar refractivity (Wildman–Crippen MR) is 83.9 cm³/mol. The van der Waals surface area contributed by atoms with Crippen molar-refractivity contribution in [3.05, 3.63) is 0 Å². The zero-order chi connectivity index (χ0) is 13.9. The number of aliphatic imine (C=N–C) groups is 1. The second-order valence-electron chi connectivity index (χ2n) is 6.32.